The van der Waals surface area contributed by atoms with Gasteiger partial charge in [0.15, 0.2) is 5.12 Å². The molecule has 0 aromatic rings. The first kappa shape index (κ1) is 11.0. The van der Waals surface area contributed by atoms with E-state index < -0.39 is 0 Å². The number of carbonyl (C=O) groups excluding carboxylic acids is 2. The lowest BCUT2D eigenvalue weighted by Gasteiger charge is -2.23. The lowest BCUT2D eigenvalue weighted by Crippen LogP contribution is -2.34. The van der Waals surface area contributed by atoms with Crippen molar-refractivity contribution < 1.29 is 9.59 Å². The van der Waals surface area contributed by atoms with Crippen LogP contribution in [0.1, 0.15) is 39.0 Å². The maximum Gasteiger partial charge on any atom is 0.224 e. The molecule has 0 aromatic carbocycles. The summed E-state index contributed by atoms with van der Waals surface area (Å²) in [6.07, 6.45) is 5.37. The van der Waals surface area contributed by atoms with Crippen molar-refractivity contribution in [1.29, 1.82) is 0 Å². The number of amides is 1. The van der Waals surface area contributed by atoms with Gasteiger partial charge in [-0.15, -0.1) is 0 Å². The van der Waals surface area contributed by atoms with Crippen molar-refractivity contribution in [2.75, 3.05) is 6.54 Å². The summed E-state index contributed by atoms with van der Waals surface area (Å²) in [5.41, 5.74) is 0. The van der Waals surface area contributed by atoms with Crippen molar-refractivity contribution in [1.82, 2.24) is 4.90 Å². The maximum atomic E-state index is 11.8. The molecule has 1 aliphatic carbocycles. The summed E-state index contributed by atoms with van der Waals surface area (Å²) in [7, 11) is 0. The summed E-state index contributed by atoms with van der Waals surface area (Å²) in [5, 5.41) is 0.330. The number of rotatable bonds is 2. The van der Waals surface area contributed by atoms with Crippen LogP contribution in [0.25, 0.3) is 0 Å². The molecule has 0 bridgehead atoms. The Kier molecular flexibility index (Phi) is 3.34. The third-order valence-corrected chi connectivity index (χ3v) is 4.20. The van der Waals surface area contributed by atoms with Gasteiger partial charge in [0.1, 0.15) is 0 Å². The second-order valence-corrected chi connectivity index (χ2v) is 5.90. The molecule has 2 fully saturated rings. The maximum absolute atomic E-state index is 11.8. The summed E-state index contributed by atoms with van der Waals surface area (Å²) < 4.78 is 0. The van der Waals surface area contributed by atoms with Crippen LogP contribution < -0.4 is 0 Å². The van der Waals surface area contributed by atoms with Crippen LogP contribution in [0.5, 0.6) is 0 Å². The predicted octanol–water partition coefficient (Wildman–Crippen LogP) is 1.81. The molecule has 1 amide bonds. The molecule has 1 atom stereocenters. The Balaban J connectivity index is 1.91. The first-order valence-electron chi connectivity index (χ1n) is 5.63. The average Bonchev–Trinajstić information content (AvgIpc) is 2.72. The highest BCUT2D eigenvalue weighted by Crippen LogP contribution is 2.31. The highest BCUT2D eigenvalue weighted by molar-refractivity contribution is 8.14. The minimum atomic E-state index is 0.126. The summed E-state index contributed by atoms with van der Waals surface area (Å²) in [6, 6.07) is 0.468. The van der Waals surface area contributed by atoms with E-state index in [1.807, 2.05) is 4.90 Å². The molecule has 4 heteroatoms. The summed E-state index contributed by atoms with van der Waals surface area (Å²) in [5.74, 6) is 0.251. The van der Waals surface area contributed by atoms with Crippen molar-refractivity contribution >= 4 is 22.8 Å². The first-order chi connectivity index (χ1) is 7.16. The van der Waals surface area contributed by atoms with E-state index in [0.29, 0.717) is 12.5 Å². The highest BCUT2D eigenvalue weighted by atomic mass is 32.2. The van der Waals surface area contributed by atoms with Gasteiger partial charge in [-0.1, -0.05) is 24.6 Å². The van der Waals surface area contributed by atoms with Crippen molar-refractivity contribution in [3.63, 3.8) is 0 Å². The van der Waals surface area contributed by atoms with Crippen LogP contribution in [-0.2, 0) is 9.59 Å². The SMILES string of the molecule is CC(=O)SC1CC(=O)N(C2CCCC2)C1. The van der Waals surface area contributed by atoms with Crippen LogP contribution in [0.2, 0.25) is 0 Å². The second-order valence-electron chi connectivity index (χ2n) is 4.42. The molecule has 84 valence electrons. The highest BCUT2D eigenvalue weighted by Gasteiger charge is 2.36. The molecule has 15 heavy (non-hydrogen) atoms. The molecule has 0 N–H and O–H groups in total. The fraction of sp³-hybridized carbons (Fsp3) is 0.818. The lowest BCUT2D eigenvalue weighted by atomic mass is 10.2. The fourth-order valence-electron chi connectivity index (χ4n) is 2.58. The molecule has 1 aliphatic heterocycles. The molecule has 1 unspecified atom stereocenters. The van der Waals surface area contributed by atoms with Gasteiger partial charge < -0.3 is 4.90 Å². The van der Waals surface area contributed by atoms with Gasteiger partial charge >= 0.3 is 0 Å². The number of hydrogen-bond donors (Lipinski definition) is 0. The smallest absolute Gasteiger partial charge is 0.224 e. The Morgan fingerprint density at radius 3 is 2.67 bits per heavy atom. The topological polar surface area (TPSA) is 37.4 Å². The fourth-order valence-corrected chi connectivity index (χ4v) is 3.51. The van der Waals surface area contributed by atoms with E-state index in [0.717, 1.165) is 19.4 Å². The van der Waals surface area contributed by atoms with Crippen molar-refractivity contribution in [3.8, 4) is 0 Å². The minimum absolute atomic E-state index is 0.126. The molecule has 0 aromatic heterocycles. The molecule has 2 rings (SSSR count). The monoisotopic (exact) mass is 227 g/mol. The van der Waals surface area contributed by atoms with E-state index in [-0.39, 0.29) is 16.3 Å². The van der Waals surface area contributed by atoms with Crippen LogP contribution in [0.4, 0.5) is 0 Å². The third kappa shape index (κ3) is 2.54. The molecule has 3 nitrogen and oxygen atoms in total. The van der Waals surface area contributed by atoms with E-state index in [1.165, 1.54) is 24.6 Å². The van der Waals surface area contributed by atoms with Crippen LogP contribution >= 0.6 is 11.8 Å². The van der Waals surface area contributed by atoms with Gasteiger partial charge in [0, 0.05) is 31.2 Å². The molecular formula is C11H17NO2S. The lowest BCUT2D eigenvalue weighted by molar-refractivity contribution is -0.129. The van der Waals surface area contributed by atoms with Crippen LogP contribution in [0.15, 0.2) is 0 Å². The Bertz CT molecular complexity index is 274. The van der Waals surface area contributed by atoms with E-state index in [2.05, 4.69) is 0 Å². The quantitative estimate of drug-likeness (QED) is 0.722. The van der Waals surface area contributed by atoms with E-state index >= 15 is 0 Å². The number of nitrogens with zero attached hydrogens (tertiary/aromatic N) is 1. The molecule has 1 heterocycles. The number of carbonyl (C=O) groups is 2. The zero-order valence-electron chi connectivity index (χ0n) is 9.07. The van der Waals surface area contributed by atoms with E-state index in [1.54, 1.807) is 6.92 Å². The summed E-state index contributed by atoms with van der Waals surface area (Å²) >= 11 is 1.33. The molecule has 0 spiro atoms. The van der Waals surface area contributed by atoms with Crippen molar-refractivity contribution in [2.24, 2.45) is 0 Å². The molecule has 1 saturated heterocycles. The third-order valence-electron chi connectivity index (χ3n) is 3.22. The van der Waals surface area contributed by atoms with Gasteiger partial charge in [-0.05, 0) is 12.8 Å². The van der Waals surface area contributed by atoms with Gasteiger partial charge in [-0.3, -0.25) is 9.59 Å². The minimum Gasteiger partial charge on any atom is -0.339 e. The zero-order valence-corrected chi connectivity index (χ0v) is 9.89. The zero-order chi connectivity index (χ0) is 10.8. The van der Waals surface area contributed by atoms with Crippen LogP contribution in [0, 0.1) is 0 Å². The van der Waals surface area contributed by atoms with Crippen LogP contribution in [0.3, 0.4) is 0 Å². The Hall–Kier alpha value is -0.510. The molecule has 0 radical (unpaired) electrons. The van der Waals surface area contributed by atoms with Gasteiger partial charge in [0.25, 0.3) is 0 Å². The number of hydrogen-bond acceptors (Lipinski definition) is 3. The van der Waals surface area contributed by atoms with E-state index in [9.17, 15) is 9.59 Å². The van der Waals surface area contributed by atoms with Crippen LogP contribution in [-0.4, -0.2) is 33.8 Å². The van der Waals surface area contributed by atoms with Gasteiger partial charge in [0.05, 0.1) is 0 Å². The average molecular weight is 227 g/mol. The number of thioether (sulfide) groups is 1. The molecule has 1 saturated carbocycles. The normalized spacial score (nSPS) is 27.7. The predicted molar refractivity (Wildman–Crippen MR) is 60.6 cm³/mol. The number of likely N-dealkylation sites (tertiary alicyclic amines) is 1. The van der Waals surface area contributed by atoms with Crippen molar-refractivity contribution in [3.05, 3.63) is 0 Å². The molecular weight excluding hydrogens is 210 g/mol. The Labute approximate surface area is 94.6 Å². The van der Waals surface area contributed by atoms with E-state index in [4.69, 9.17) is 0 Å². The molecule has 2 aliphatic rings. The standard InChI is InChI=1S/C11H17NO2S/c1-8(13)15-10-6-11(14)12(7-10)9-4-2-3-5-9/h9-10H,2-7H2,1H3. The van der Waals surface area contributed by atoms with Gasteiger partial charge in [-0.2, -0.15) is 0 Å². The second kappa shape index (κ2) is 4.56. The van der Waals surface area contributed by atoms with Gasteiger partial charge in [0.2, 0.25) is 5.91 Å². The summed E-state index contributed by atoms with van der Waals surface area (Å²) in [4.78, 5) is 24.7. The first-order valence-corrected chi connectivity index (χ1v) is 6.51. The van der Waals surface area contributed by atoms with Crippen molar-refractivity contribution in [2.45, 2.75) is 50.3 Å². The Morgan fingerprint density at radius 2 is 2.07 bits per heavy atom. The Morgan fingerprint density at radius 1 is 1.40 bits per heavy atom. The van der Waals surface area contributed by atoms with Gasteiger partial charge in [-0.25, -0.2) is 0 Å². The largest absolute Gasteiger partial charge is 0.339 e. The summed E-state index contributed by atoms with van der Waals surface area (Å²) in [6.45, 7) is 2.36.